The zero-order valence-corrected chi connectivity index (χ0v) is 15.9. The van der Waals surface area contributed by atoms with Crippen LogP contribution in [-0.4, -0.2) is 38.4 Å². The molecule has 26 heavy (non-hydrogen) atoms. The predicted molar refractivity (Wildman–Crippen MR) is 101 cm³/mol. The molecule has 0 aliphatic carbocycles. The number of ether oxygens (including phenoxy) is 3. The van der Waals surface area contributed by atoms with E-state index in [1.54, 1.807) is 24.3 Å². The van der Waals surface area contributed by atoms with E-state index < -0.39 is 0 Å². The summed E-state index contributed by atoms with van der Waals surface area (Å²) >= 11 is 0. The Hall–Kier alpha value is -1.88. The van der Waals surface area contributed by atoms with Crippen LogP contribution in [0.3, 0.4) is 0 Å². The number of carbonyl (C=O) groups excluding carboxylic acids is 2. The Bertz CT molecular complexity index is 486. The average Bonchev–Trinajstić information content (AvgIpc) is 2.67. The van der Waals surface area contributed by atoms with Gasteiger partial charge in [-0.05, 0) is 18.6 Å². The zero-order chi connectivity index (χ0) is 18.9. The molecule has 5 heteroatoms. The van der Waals surface area contributed by atoms with Gasteiger partial charge >= 0.3 is 11.9 Å². The molecule has 1 aromatic carbocycles. The molecule has 0 atom stereocenters. The molecule has 0 aromatic heterocycles. The van der Waals surface area contributed by atoms with Crippen molar-refractivity contribution in [2.75, 3.05) is 26.4 Å². The Morgan fingerprint density at radius 3 is 2.08 bits per heavy atom. The van der Waals surface area contributed by atoms with Gasteiger partial charge in [-0.15, -0.1) is 0 Å². The van der Waals surface area contributed by atoms with Gasteiger partial charge in [0.1, 0.15) is 13.2 Å². The molecule has 0 saturated heterocycles. The van der Waals surface area contributed by atoms with Crippen LogP contribution in [0.15, 0.2) is 30.3 Å². The standard InChI is InChI=1S/C21H32O5/c1-2-3-4-5-6-7-11-14-20(22)25-17-15-24-16-18-26-21(23)19-12-9-8-10-13-19/h8-10,12-13H,2-7,11,14-18H2,1H3. The maximum absolute atomic E-state index is 11.7. The summed E-state index contributed by atoms with van der Waals surface area (Å²) in [7, 11) is 0. The first-order valence-corrected chi connectivity index (χ1v) is 9.69. The molecule has 0 N–H and O–H groups in total. The van der Waals surface area contributed by atoms with E-state index in [1.165, 1.54) is 32.1 Å². The van der Waals surface area contributed by atoms with Crippen molar-refractivity contribution >= 4 is 11.9 Å². The first-order valence-electron chi connectivity index (χ1n) is 9.69. The Labute approximate surface area is 157 Å². The quantitative estimate of drug-likeness (QED) is 0.338. The van der Waals surface area contributed by atoms with Gasteiger partial charge in [0.2, 0.25) is 0 Å². The molecule has 0 aliphatic rings. The second-order valence-corrected chi connectivity index (χ2v) is 6.21. The van der Waals surface area contributed by atoms with Crippen molar-refractivity contribution < 1.29 is 23.8 Å². The third kappa shape index (κ3) is 11.6. The Balaban J connectivity index is 1.88. The minimum Gasteiger partial charge on any atom is -0.463 e. The van der Waals surface area contributed by atoms with Crippen LogP contribution in [-0.2, 0) is 19.0 Å². The summed E-state index contributed by atoms with van der Waals surface area (Å²) < 4.78 is 15.5. The highest BCUT2D eigenvalue weighted by Gasteiger charge is 2.05. The van der Waals surface area contributed by atoms with Gasteiger partial charge in [0.05, 0.1) is 18.8 Å². The maximum atomic E-state index is 11.7. The highest BCUT2D eigenvalue weighted by atomic mass is 16.6. The van der Waals surface area contributed by atoms with Crippen LogP contribution < -0.4 is 0 Å². The summed E-state index contributed by atoms with van der Waals surface area (Å²) in [5.41, 5.74) is 0.520. The Morgan fingerprint density at radius 1 is 0.769 bits per heavy atom. The molecular weight excluding hydrogens is 332 g/mol. The minimum absolute atomic E-state index is 0.169. The fourth-order valence-electron chi connectivity index (χ4n) is 2.47. The number of hydrogen-bond donors (Lipinski definition) is 0. The van der Waals surface area contributed by atoms with E-state index >= 15 is 0 Å². The van der Waals surface area contributed by atoms with Gasteiger partial charge in [-0.1, -0.05) is 63.6 Å². The van der Waals surface area contributed by atoms with Crippen LogP contribution in [0.25, 0.3) is 0 Å². The van der Waals surface area contributed by atoms with Gasteiger partial charge < -0.3 is 14.2 Å². The molecule has 0 amide bonds. The lowest BCUT2D eigenvalue weighted by atomic mass is 10.1. The normalized spacial score (nSPS) is 10.5. The second kappa shape index (κ2) is 15.4. The van der Waals surface area contributed by atoms with Gasteiger partial charge in [-0.25, -0.2) is 4.79 Å². The van der Waals surface area contributed by atoms with E-state index in [1.807, 2.05) is 6.07 Å². The number of unbranched alkanes of at least 4 members (excludes halogenated alkanes) is 6. The summed E-state index contributed by atoms with van der Waals surface area (Å²) in [5, 5.41) is 0. The monoisotopic (exact) mass is 364 g/mol. The smallest absolute Gasteiger partial charge is 0.338 e. The maximum Gasteiger partial charge on any atom is 0.338 e. The summed E-state index contributed by atoms with van der Waals surface area (Å²) in [6, 6.07) is 8.82. The largest absolute Gasteiger partial charge is 0.463 e. The average molecular weight is 364 g/mol. The number of esters is 2. The van der Waals surface area contributed by atoms with Gasteiger partial charge in [0.15, 0.2) is 0 Å². The minimum atomic E-state index is -0.365. The van der Waals surface area contributed by atoms with Crippen molar-refractivity contribution in [1.29, 1.82) is 0 Å². The molecular formula is C21H32O5. The first-order chi connectivity index (χ1) is 12.7. The molecule has 0 bridgehead atoms. The van der Waals surface area contributed by atoms with Gasteiger partial charge in [-0.2, -0.15) is 0 Å². The van der Waals surface area contributed by atoms with E-state index in [9.17, 15) is 9.59 Å². The molecule has 1 rings (SSSR count). The highest BCUT2D eigenvalue weighted by Crippen LogP contribution is 2.08. The molecule has 0 radical (unpaired) electrons. The summed E-state index contributed by atoms with van der Waals surface area (Å²) in [5.74, 6) is -0.534. The number of benzene rings is 1. The molecule has 146 valence electrons. The van der Waals surface area contributed by atoms with E-state index in [-0.39, 0.29) is 31.8 Å². The fraction of sp³-hybridized carbons (Fsp3) is 0.619. The number of hydrogen-bond acceptors (Lipinski definition) is 5. The third-order valence-electron chi connectivity index (χ3n) is 3.95. The molecule has 1 aromatic rings. The van der Waals surface area contributed by atoms with E-state index in [0.29, 0.717) is 18.6 Å². The lowest BCUT2D eigenvalue weighted by Gasteiger charge is -2.07. The summed E-state index contributed by atoms with van der Waals surface area (Å²) in [6.45, 7) is 3.22. The van der Waals surface area contributed by atoms with Crippen LogP contribution in [0.1, 0.15) is 68.6 Å². The van der Waals surface area contributed by atoms with E-state index in [4.69, 9.17) is 14.2 Å². The lowest BCUT2D eigenvalue weighted by molar-refractivity contribution is -0.145. The molecule has 0 unspecified atom stereocenters. The van der Waals surface area contributed by atoms with E-state index in [0.717, 1.165) is 12.8 Å². The zero-order valence-electron chi connectivity index (χ0n) is 15.9. The van der Waals surface area contributed by atoms with Crippen LogP contribution in [0, 0.1) is 0 Å². The van der Waals surface area contributed by atoms with Gasteiger partial charge in [0, 0.05) is 6.42 Å². The summed E-state index contributed by atoms with van der Waals surface area (Å²) in [6.07, 6.45) is 8.74. The van der Waals surface area contributed by atoms with Gasteiger partial charge in [0.25, 0.3) is 0 Å². The van der Waals surface area contributed by atoms with Crippen molar-refractivity contribution in [3.05, 3.63) is 35.9 Å². The van der Waals surface area contributed by atoms with Crippen molar-refractivity contribution in [3.63, 3.8) is 0 Å². The molecule has 0 heterocycles. The Morgan fingerprint density at radius 2 is 1.38 bits per heavy atom. The molecule has 0 saturated carbocycles. The van der Waals surface area contributed by atoms with Crippen LogP contribution in [0.2, 0.25) is 0 Å². The van der Waals surface area contributed by atoms with Gasteiger partial charge in [-0.3, -0.25) is 4.79 Å². The number of rotatable bonds is 15. The topological polar surface area (TPSA) is 61.8 Å². The first kappa shape index (κ1) is 22.2. The molecule has 5 nitrogen and oxygen atoms in total. The SMILES string of the molecule is CCCCCCCCCC(=O)OCCOCCOC(=O)c1ccccc1. The van der Waals surface area contributed by atoms with Crippen molar-refractivity contribution in [2.45, 2.75) is 58.3 Å². The summed E-state index contributed by atoms with van der Waals surface area (Å²) in [4.78, 5) is 23.2. The van der Waals surface area contributed by atoms with Crippen LogP contribution in [0.5, 0.6) is 0 Å². The van der Waals surface area contributed by atoms with Crippen LogP contribution in [0.4, 0.5) is 0 Å². The van der Waals surface area contributed by atoms with Crippen molar-refractivity contribution in [1.82, 2.24) is 0 Å². The molecule has 0 aliphatic heterocycles. The molecule has 0 fully saturated rings. The second-order valence-electron chi connectivity index (χ2n) is 6.21. The Kier molecular flexibility index (Phi) is 13.1. The lowest BCUT2D eigenvalue weighted by Crippen LogP contribution is -2.14. The van der Waals surface area contributed by atoms with Crippen LogP contribution >= 0.6 is 0 Å². The van der Waals surface area contributed by atoms with Crippen molar-refractivity contribution in [2.24, 2.45) is 0 Å². The van der Waals surface area contributed by atoms with E-state index in [2.05, 4.69) is 6.92 Å². The molecule has 0 spiro atoms. The van der Waals surface area contributed by atoms with Crippen molar-refractivity contribution in [3.8, 4) is 0 Å². The highest BCUT2D eigenvalue weighted by molar-refractivity contribution is 5.89. The fourth-order valence-corrected chi connectivity index (χ4v) is 2.47. The third-order valence-corrected chi connectivity index (χ3v) is 3.95. The predicted octanol–water partition coefficient (Wildman–Crippen LogP) is 4.54. The number of carbonyl (C=O) groups is 2.